The topological polar surface area (TPSA) is 60.3 Å². The lowest BCUT2D eigenvalue weighted by Gasteiger charge is -2.22. The molecule has 0 unspecified atom stereocenters. The highest BCUT2D eigenvalue weighted by molar-refractivity contribution is 7.92. The molecule has 0 saturated heterocycles. The fourth-order valence-electron chi connectivity index (χ4n) is 2.77. The Morgan fingerprint density at radius 2 is 2.05 bits per heavy atom. The van der Waals surface area contributed by atoms with Crippen LogP contribution < -0.4 is 9.46 Å². The van der Waals surface area contributed by atoms with E-state index in [1.807, 2.05) is 54.2 Å². The molecule has 112 valence electrons. The Morgan fingerprint density at radius 3 is 2.91 bits per heavy atom. The van der Waals surface area contributed by atoms with Crippen molar-refractivity contribution in [1.82, 2.24) is 4.57 Å². The predicted molar refractivity (Wildman–Crippen MR) is 86.4 cm³/mol. The van der Waals surface area contributed by atoms with Crippen LogP contribution in [0.1, 0.15) is 0 Å². The van der Waals surface area contributed by atoms with Crippen LogP contribution in [0.2, 0.25) is 0 Å². The van der Waals surface area contributed by atoms with Crippen molar-refractivity contribution in [3.05, 3.63) is 48.7 Å². The number of hydrogen-bond acceptors (Lipinski definition) is 3. The van der Waals surface area contributed by atoms with E-state index in [0.29, 0.717) is 11.4 Å². The molecule has 1 N–H and O–H groups in total. The number of para-hydroxylation sites is 1. The molecule has 3 aromatic rings. The van der Waals surface area contributed by atoms with Gasteiger partial charge in [0.1, 0.15) is 5.75 Å². The third-order valence-electron chi connectivity index (χ3n) is 3.85. The van der Waals surface area contributed by atoms with Gasteiger partial charge in [-0.05, 0) is 29.8 Å². The van der Waals surface area contributed by atoms with E-state index < -0.39 is 10.0 Å². The first-order valence-corrected chi connectivity index (χ1v) is 8.50. The third-order valence-corrected chi connectivity index (χ3v) is 4.79. The Bertz CT molecular complexity index is 990. The van der Waals surface area contributed by atoms with E-state index in [0.717, 1.165) is 22.0 Å². The van der Waals surface area contributed by atoms with Crippen LogP contribution in [-0.4, -0.2) is 18.9 Å². The van der Waals surface area contributed by atoms with Crippen molar-refractivity contribution >= 4 is 26.6 Å². The van der Waals surface area contributed by atoms with Crippen molar-refractivity contribution < 1.29 is 13.2 Å². The summed E-state index contributed by atoms with van der Waals surface area (Å²) in [7, 11) is -1.45. The highest BCUT2D eigenvalue weighted by Gasteiger charge is 2.24. The maximum atomic E-state index is 11.8. The van der Waals surface area contributed by atoms with E-state index >= 15 is 0 Å². The Labute approximate surface area is 128 Å². The molecule has 0 saturated carbocycles. The molecule has 1 aliphatic heterocycles. The van der Waals surface area contributed by atoms with Gasteiger partial charge in [-0.15, -0.1) is 0 Å². The van der Waals surface area contributed by atoms with Crippen LogP contribution in [0.4, 0.5) is 5.69 Å². The lowest BCUT2D eigenvalue weighted by atomic mass is 10.0. The lowest BCUT2D eigenvalue weighted by molar-refractivity contribution is 0.374. The van der Waals surface area contributed by atoms with Gasteiger partial charge in [-0.3, -0.25) is 4.72 Å². The Kier molecular flexibility index (Phi) is 2.71. The molecule has 4 rings (SSSR count). The summed E-state index contributed by atoms with van der Waals surface area (Å²) in [4.78, 5) is 0. The van der Waals surface area contributed by atoms with Gasteiger partial charge in [0.25, 0.3) is 10.0 Å². The lowest BCUT2D eigenvalue weighted by Crippen LogP contribution is -2.25. The number of benzene rings is 2. The molecular formula is C16H14N2O3S. The molecule has 5 nitrogen and oxygen atoms in total. The van der Waals surface area contributed by atoms with Crippen molar-refractivity contribution in [1.29, 1.82) is 0 Å². The van der Waals surface area contributed by atoms with Gasteiger partial charge in [0.2, 0.25) is 5.94 Å². The second-order valence-electron chi connectivity index (χ2n) is 5.36. The van der Waals surface area contributed by atoms with Crippen molar-refractivity contribution in [2.24, 2.45) is 7.05 Å². The van der Waals surface area contributed by atoms with Crippen LogP contribution in [0.25, 0.3) is 22.0 Å². The van der Waals surface area contributed by atoms with Crippen LogP contribution in [-0.2, 0) is 17.1 Å². The number of hydrogen-bond donors (Lipinski definition) is 1. The quantitative estimate of drug-likeness (QED) is 0.751. The maximum absolute atomic E-state index is 11.8. The van der Waals surface area contributed by atoms with Crippen LogP contribution >= 0.6 is 0 Å². The summed E-state index contributed by atoms with van der Waals surface area (Å²) in [5.74, 6) is 0.210. The Balaban J connectivity index is 1.91. The minimum atomic E-state index is -3.44. The Hall–Kier alpha value is -2.47. The van der Waals surface area contributed by atoms with E-state index in [1.165, 1.54) is 0 Å². The van der Waals surface area contributed by atoms with Crippen molar-refractivity contribution in [3.63, 3.8) is 0 Å². The molecule has 1 aromatic heterocycles. The molecule has 2 aromatic carbocycles. The van der Waals surface area contributed by atoms with Gasteiger partial charge in [-0.1, -0.05) is 18.2 Å². The van der Waals surface area contributed by atoms with Gasteiger partial charge in [-0.25, -0.2) is 8.42 Å². The summed E-state index contributed by atoms with van der Waals surface area (Å²) in [6.45, 7) is 0. The molecule has 0 atom stereocenters. The minimum absolute atomic E-state index is 0.346. The summed E-state index contributed by atoms with van der Waals surface area (Å²) in [6, 6.07) is 13.6. The molecule has 0 spiro atoms. The molecule has 6 heteroatoms. The number of sulfonamides is 1. The van der Waals surface area contributed by atoms with E-state index in [-0.39, 0.29) is 5.94 Å². The van der Waals surface area contributed by atoms with Gasteiger partial charge < -0.3 is 9.30 Å². The largest absolute Gasteiger partial charge is 0.474 e. The van der Waals surface area contributed by atoms with Gasteiger partial charge in [0, 0.05) is 29.7 Å². The Morgan fingerprint density at radius 1 is 1.18 bits per heavy atom. The molecule has 2 heterocycles. The van der Waals surface area contributed by atoms with Crippen LogP contribution in [0, 0.1) is 0 Å². The van der Waals surface area contributed by atoms with Gasteiger partial charge in [0.05, 0.1) is 5.69 Å². The standard InChI is InChI=1S/C16H14N2O3S/c1-18-8-7-12-9-11(5-6-14(12)18)13-3-2-4-15-16(13)17-22(19,20)10-21-15/h2-9,17H,10H2,1H3. The zero-order chi connectivity index (χ0) is 15.3. The summed E-state index contributed by atoms with van der Waals surface area (Å²) in [5, 5.41) is 1.11. The zero-order valence-corrected chi connectivity index (χ0v) is 12.7. The van der Waals surface area contributed by atoms with Gasteiger partial charge >= 0.3 is 0 Å². The van der Waals surface area contributed by atoms with Gasteiger partial charge in [-0.2, -0.15) is 0 Å². The average Bonchev–Trinajstić information content (AvgIpc) is 2.87. The number of ether oxygens (including phenoxy) is 1. The van der Waals surface area contributed by atoms with E-state index in [1.54, 1.807) is 6.07 Å². The summed E-state index contributed by atoms with van der Waals surface area (Å²) in [6.07, 6.45) is 2.00. The second-order valence-corrected chi connectivity index (χ2v) is 7.03. The molecule has 22 heavy (non-hydrogen) atoms. The molecule has 0 radical (unpaired) electrons. The van der Waals surface area contributed by atoms with Crippen LogP contribution in [0.5, 0.6) is 5.75 Å². The minimum Gasteiger partial charge on any atom is -0.474 e. The van der Waals surface area contributed by atoms with E-state index in [2.05, 4.69) is 4.72 Å². The van der Waals surface area contributed by atoms with E-state index in [9.17, 15) is 8.42 Å². The fourth-order valence-corrected chi connectivity index (χ4v) is 3.64. The van der Waals surface area contributed by atoms with Gasteiger partial charge in [0.15, 0.2) is 0 Å². The van der Waals surface area contributed by atoms with Crippen molar-refractivity contribution in [2.75, 3.05) is 10.7 Å². The van der Waals surface area contributed by atoms with Crippen LogP contribution in [0.3, 0.4) is 0 Å². The molecule has 1 aliphatic rings. The highest BCUT2D eigenvalue weighted by Crippen LogP contribution is 2.39. The fraction of sp³-hybridized carbons (Fsp3) is 0.125. The smallest absolute Gasteiger partial charge is 0.268 e. The number of aryl methyl sites for hydroxylation is 1. The first-order valence-electron chi connectivity index (χ1n) is 6.85. The normalized spacial score (nSPS) is 15.9. The number of nitrogens with one attached hydrogen (secondary N) is 1. The molecule has 0 amide bonds. The average molecular weight is 314 g/mol. The molecule has 0 aliphatic carbocycles. The summed E-state index contributed by atoms with van der Waals surface area (Å²) >= 11 is 0. The zero-order valence-electron chi connectivity index (χ0n) is 11.9. The number of anilines is 1. The number of nitrogens with zero attached hydrogens (tertiary/aromatic N) is 1. The SMILES string of the molecule is Cn1ccc2cc(-c3cccc4c3NS(=O)(=O)CO4)ccc21. The molecule has 0 fully saturated rings. The predicted octanol–water partition coefficient (Wildman–Crippen LogP) is 2.94. The monoisotopic (exact) mass is 314 g/mol. The van der Waals surface area contributed by atoms with Crippen LogP contribution in [0.15, 0.2) is 48.7 Å². The maximum Gasteiger partial charge on any atom is 0.268 e. The number of aromatic nitrogens is 1. The second kappa shape index (κ2) is 4.51. The number of rotatable bonds is 1. The number of fused-ring (bicyclic) bond motifs is 2. The molecule has 0 bridgehead atoms. The highest BCUT2D eigenvalue weighted by atomic mass is 32.2. The first kappa shape index (κ1) is 13.2. The van der Waals surface area contributed by atoms with Crippen molar-refractivity contribution in [2.45, 2.75) is 0 Å². The summed E-state index contributed by atoms with van der Waals surface area (Å²) < 4.78 is 33.5. The summed E-state index contributed by atoms with van der Waals surface area (Å²) in [5.41, 5.74) is 3.39. The molecular weight excluding hydrogens is 300 g/mol. The third kappa shape index (κ3) is 2.03. The van der Waals surface area contributed by atoms with Crippen molar-refractivity contribution in [3.8, 4) is 16.9 Å². The van der Waals surface area contributed by atoms with E-state index in [4.69, 9.17) is 4.74 Å². The first-order chi connectivity index (χ1) is 10.5.